The first-order valence-corrected chi connectivity index (χ1v) is 7.26. The molecule has 0 spiro atoms. The number of carbonyl (C=O) groups is 1. The van der Waals surface area contributed by atoms with Gasteiger partial charge in [-0.05, 0) is 58.4 Å². The fourth-order valence-corrected chi connectivity index (χ4v) is 2.62. The standard InChI is InChI=1S/C17H22N2O2/c1-11(2)19(12(3)4)15-8-6-14(7-9-15)10-16-13(5)18-21-17(16)20/h6-12H,1-5H3. The molecule has 1 aromatic rings. The van der Waals surface area contributed by atoms with Gasteiger partial charge >= 0.3 is 5.97 Å². The Morgan fingerprint density at radius 3 is 2.10 bits per heavy atom. The van der Waals surface area contributed by atoms with Gasteiger partial charge in [-0.3, -0.25) is 0 Å². The lowest BCUT2D eigenvalue weighted by Crippen LogP contribution is -2.36. The van der Waals surface area contributed by atoms with Crippen molar-refractivity contribution in [1.82, 2.24) is 0 Å². The van der Waals surface area contributed by atoms with E-state index in [9.17, 15) is 4.79 Å². The molecule has 21 heavy (non-hydrogen) atoms. The minimum atomic E-state index is -0.387. The molecule has 0 amide bonds. The molecule has 0 saturated carbocycles. The highest BCUT2D eigenvalue weighted by Crippen LogP contribution is 2.22. The molecule has 1 aliphatic rings. The van der Waals surface area contributed by atoms with Crippen LogP contribution in [-0.2, 0) is 9.63 Å². The van der Waals surface area contributed by atoms with Crippen LogP contribution in [-0.4, -0.2) is 23.8 Å². The lowest BCUT2D eigenvalue weighted by atomic mass is 10.1. The molecular weight excluding hydrogens is 264 g/mol. The van der Waals surface area contributed by atoms with Crippen molar-refractivity contribution in [2.75, 3.05) is 4.90 Å². The average molecular weight is 286 g/mol. The Morgan fingerprint density at radius 2 is 1.67 bits per heavy atom. The molecule has 0 aliphatic carbocycles. The summed E-state index contributed by atoms with van der Waals surface area (Å²) in [5.74, 6) is -0.387. The maximum Gasteiger partial charge on any atom is 0.367 e. The molecule has 112 valence electrons. The van der Waals surface area contributed by atoms with E-state index in [2.05, 4.69) is 54.7 Å². The lowest BCUT2D eigenvalue weighted by molar-refractivity contribution is -0.136. The third-order valence-electron chi connectivity index (χ3n) is 3.49. The van der Waals surface area contributed by atoms with Crippen LogP contribution in [0, 0.1) is 0 Å². The zero-order chi connectivity index (χ0) is 15.6. The van der Waals surface area contributed by atoms with Gasteiger partial charge in [-0.1, -0.05) is 17.3 Å². The summed E-state index contributed by atoms with van der Waals surface area (Å²) >= 11 is 0. The van der Waals surface area contributed by atoms with E-state index in [4.69, 9.17) is 0 Å². The number of anilines is 1. The van der Waals surface area contributed by atoms with Gasteiger partial charge in [0.2, 0.25) is 0 Å². The number of hydrogen-bond donors (Lipinski definition) is 0. The maximum absolute atomic E-state index is 11.5. The summed E-state index contributed by atoms with van der Waals surface area (Å²) in [4.78, 5) is 18.5. The molecule has 0 atom stereocenters. The van der Waals surface area contributed by atoms with Crippen LogP contribution in [0.5, 0.6) is 0 Å². The first-order chi connectivity index (χ1) is 9.90. The molecule has 0 N–H and O–H groups in total. The minimum absolute atomic E-state index is 0.387. The van der Waals surface area contributed by atoms with E-state index in [1.807, 2.05) is 18.2 Å². The van der Waals surface area contributed by atoms with Crippen LogP contribution in [0.4, 0.5) is 5.69 Å². The highest BCUT2D eigenvalue weighted by atomic mass is 16.7. The molecule has 0 unspecified atom stereocenters. The summed E-state index contributed by atoms with van der Waals surface area (Å²) in [6.07, 6.45) is 1.81. The Morgan fingerprint density at radius 1 is 1.10 bits per heavy atom. The molecule has 0 radical (unpaired) electrons. The van der Waals surface area contributed by atoms with Gasteiger partial charge in [0.05, 0.1) is 11.3 Å². The van der Waals surface area contributed by atoms with Gasteiger partial charge in [0, 0.05) is 17.8 Å². The first kappa shape index (κ1) is 15.3. The number of oxime groups is 1. The van der Waals surface area contributed by atoms with Crippen molar-refractivity contribution < 1.29 is 9.63 Å². The smallest absolute Gasteiger partial charge is 0.367 e. The normalized spacial score (nSPS) is 16.6. The number of nitrogens with zero attached hydrogens (tertiary/aromatic N) is 2. The van der Waals surface area contributed by atoms with Crippen molar-refractivity contribution >= 4 is 23.4 Å². The van der Waals surface area contributed by atoms with E-state index in [1.54, 1.807) is 6.92 Å². The Balaban J connectivity index is 2.25. The number of carbonyl (C=O) groups excluding carboxylic acids is 1. The monoisotopic (exact) mass is 286 g/mol. The van der Waals surface area contributed by atoms with Gasteiger partial charge in [0.1, 0.15) is 0 Å². The van der Waals surface area contributed by atoms with Crippen molar-refractivity contribution in [3.63, 3.8) is 0 Å². The molecule has 0 aromatic heterocycles. The van der Waals surface area contributed by atoms with Gasteiger partial charge in [-0.2, -0.15) is 0 Å². The number of hydrogen-bond acceptors (Lipinski definition) is 4. The number of benzene rings is 1. The molecule has 2 rings (SSSR count). The fraction of sp³-hybridized carbons (Fsp3) is 0.412. The fourth-order valence-electron chi connectivity index (χ4n) is 2.62. The second kappa shape index (κ2) is 6.12. The molecule has 0 saturated heterocycles. The van der Waals surface area contributed by atoms with Gasteiger partial charge < -0.3 is 9.74 Å². The van der Waals surface area contributed by atoms with Gasteiger partial charge in [-0.15, -0.1) is 0 Å². The van der Waals surface area contributed by atoms with Gasteiger partial charge in [0.25, 0.3) is 0 Å². The third kappa shape index (κ3) is 3.32. The van der Waals surface area contributed by atoms with E-state index in [0.29, 0.717) is 23.4 Å². The van der Waals surface area contributed by atoms with Crippen LogP contribution in [0.2, 0.25) is 0 Å². The summed E-state index contributed by atoms with van der Waals surface area (Å²) in [5, 5.41) is 3.68. The quantitative estimate of drug-likeness (QED) is 0.627. The van der Waals surface area contributed by atoms with Crippen LogP contribution in [0.3, 0.4) is 0 Å². The van der Waals surface area contributed by atoms with E-state index in [-0.39, 0.29) is 5.97 Å². The Kier molecular flexibility index (Phi) is 4.46. The van der Waals surface area contributed by atoms with Crippen LogP contribution in [0.15, 0.2) is 35.0 Å². The van der Waals surface area contributed by atoms with Crippen LogP contribution in [0.25, 0.3) is 6.08 Å². The highest BCUT2D eigenvalue weighted by molar-refractivity contribution is 6.24. The van der Waals surface area contributed by atoms with Crippen molar-refractivity contribution in [3.05, 3.63) is 35.4 Å². The van der Waals surface area contributed by atoms with Crippen LogP contribution >= 0.6 is 0 Å². The maximum atomic E-state index is 11.5. The Bertz CT molecular complexity index is 575. The van der Waals surface area contributed by atoms with E-state index >= 15 is 0 Å². The molecule has 4 nitrogen and oxygen atoms in total. The second-order valence-corrected chi connectivity index (χ2v) is 5.80. The second-order valence-electron chi connectivity index (χ2n) is 5.80. The van der Waals surface area contributed by atoms with Crippen molar-refractivity contribution in [1.29, 1.82) is 0 Å². The van der Waals surface area contributed by atoms with E-state index in [0.717, 1.165) is 5.56 Å². The largest absolute Gasteiger partial charge is 0.367 e. The van der Waals surface area contributed by atoms with Crippen LogP contribution < -0.4 is 4.90 Å². The summed E-state index contributed by atoms with van der Waals surface area (Å²) in [7, 11) is 0. The predicted octanol–water partition coefficient (Wildman–Crippen LogP) is 3.63. The topological polar surface area (TPSA) is 41.9 Å². The van der Waals surface area contributed by atoms with E-state index < -0.39 is 0 Å². The Hall–Kier alpha value is -2.10. The lowest BCUT2D eigenvalue weighted by Gasteiger charge is -2.33. The van der Waals surface area contributed by atoms with E-state index in [1.165, 1.54) is 5.69 Å². The summed E-state index contributed by atoms with van der Waals surface area (Å²) in [6, 6.07) is 9.07. The number of rotatable bonds is 4. The summed E-state index contributed by atoms with van der Waals surface area (Å²) < 4.78 is 0. The molecule has 1 aromatic carbocycles. The van der Waals surface area contributed by atoms with Crippen molar-refractivity contribution in [2.24, 2.45) is 5.16 Å². The Labute approximate surface area is 126 Å². The molecule has 0 bridgehead atoms. The van der Waals surface area contributed by atoms with Crippen molar-refractivity contribution in [2.45, 2.75) is 46.7 Å². The molecular formula is C17H22N2O2. The first-order valence-electron chi connectivity index (χ1n) is 7.26. The van der Waals surface area contributed by atoms with Crippen LogP contribution in [0.1, 0.15) is 40.2 Å². The molecule has 4 heteroatoms. The van der Waals surface area contributed by atoms with Gasteiger partial charge in [0.15, 0.2) is 0 Å². The third-order valence-corrected chi connectivity index (χ3v) is 3.49. The molecule has 1 aliphatic heterocycles. The van der Waals surface area contributed by atoms with Crippen molar-refractivity contribution in [3.8, 4) is 0 Å². The molecule has 1 heterocycles. The average Bonchev–Trinajstić information content (AvgIpc) is 2.72. The minimum Gasteiger partial charge on any atom is -0.367 e. The summed E-state index contributed by atoms with van der Waals surface area (Å²) in [5.41, 5.74) is 3.29. The SMILES string of the molecule is CC1=NOC(=O)C1=Cc1ccc(N(C(C)C)C(C)C)cc1. The molecule has 0 fully saturated rings. The zero-order valence-corrected chi connectivity index (χ0v) is 13.3. The highest BCUT2D eigenvalue weighted by Gasteiger charge is 2.21. The predicted molar refractivity (Wildman–Crippen MR) is 86.4 cm³/mol. The zero-order valence-electron chi connectivity index (χ0n) is 13.3. The van der Waals surface area contributed by atoms with Gasteiger partial charge in [-0.25, -0.2) is 4.79 Å². The summed E-state index contributed by atoms with van der Waals surface area (Å²) in [6.45, 7) is 10.5.